The number of carbonyl (C=O) groups excluding carboxylic acids is 2. The quantitative estimate of drug-likeness (QED) is 0.192. The van der Waals surface area contributed by atoms with Gasteiger partial charge < -0.3 is 14.4 Å². The van der Waals surface area contributed by atoms with Gasteiger partial charge in [-0.15, -0.1) is 6.42 Å². The number of anilines is 2. The standard InChI is InChI=1S/C31H29ClN2O4/c1-2-17-37-18-19-38-25-13-14-28-23(20-25)10-9-22-11-12-24(32)21-29(22)33(28)15-5-6-16-34-30(35)26-7-3-4-8-27(26)31(34)36/h1,3-4,7-8,11-14,20-21H,5-6,9-10,15-19H2. The van der Waals surface area contributed by atoms with Gasteiger partial charge in [0, 0.05) is 29.5 Å². The van der Waals surface area contributed by atoms with Crippen molar-refractivity contribution in [1.82, 2.24) is 4.90 Å². The molecule has 3 aromatic rings. The fraction of sp³-hybridized carbons (Fsp3) is 0.290. The Balaban J connectivity index is 1.29. The van der Waals surface area contributed by atoms with E-state index in [1.165, 1.54) is 16.0 Å². The number of hydrogen-bond donors (Lipinski definition) is 0. The molecule has 38 heavy (non-hydrogen) atoms. The van der Waals surface area contributed by atoms with Crippen molar-refractivity contribution in [2.45, 2.75) is 25.7 Å². The highest BCUT2D eigenvalue weighted by atomic mass is 35.5. The number of benzene rings is 3. The van der Waals surface area contributed by atoms with Crippen LogP contribution in [0.4, 0.5) is 11.4 Å². The van der Waals surface area contributed by atoms with E-state index in [9.17, 15) is 9.59 Å². The molecule has 2 aliphatic rings. The first kappa shape index (κ1) is 25.8. The van der Waals surface area contributed by atoms with E-state index < -0.39 is 0 Å². The van der Waals surface area contributed by atoms with E-state index in [1.54, 1.807) is 24.3 Å². The lowest BCUT2D eigenvalue weighted by Crippen LogP contribution is -2.31. The summed E-state index contributed by atoms with van der Waals surface area (Å²) in [6, 6.07) is 19.2. The number of halogens is 1. The molecule has 2 amide bonds. The average molecular weight is 529 g/mol. The average Bonchev–Trinajstić information content (AvgIpc) is 3.07. The molecule has 194 valence electrons. The number of fused-ring (bicyclic) bond motifs is 3. The normalized spacial score (nSPS) is 14.0. The second kappa shape index (κ2) is 11.7. The summed E-state index contributed by atoms with van der Waals surface area (Å²) in [5.74, 6) is 2.83. The third kappa shape index (κ3) is 5.40. The zero-order valence-corrected chi connectivity index (χ0v) is 21.9. The summed E-state index contributed by atoms with van der Waals surface area (Å²) in [4.78, 5) is 29.1. The van der Waals surface area contributed by atoms with Gasteiger partial charge in [0.15, 0.2) is 0 Å². The van der Waals surface area contributed by atoms with Crippen molar-refractivity contribution in [2.24, 2.45) is 0 Å². The van der Waals surface area contributed by atoms with E-state index in [-0.39, 0.29) is 18.4 Å². The molecule has 7 heteroatoms. The van der Waals surface area contributed by atoms with E-state index in [0.717, 1.165) is 42.9 Å². The van der Waals surface area contributed by atoms with Gasteiger partial charge in [-0.05, 0) is 79.3 Å². The van der Waals surface area contributed by atoms with Crippen LogP contribution in [0.3, 0.4) is 0 Å². The number of terminal acetylenes is 1. The molecule has 2 heterocycles. The maximum absolute atomic E-state index is 12.7. The molecule has 0 aromatic heterocycles. The van der Waals surface area contributed by atoms with Gasteiger partial charge in [0.25, 0.3) is 11.8 Å². The lowest BCUT2D eigenvalue weighted by atomic mass is 10.0. The summed E-state index contributed by atoms with van der Waals surface area (Å²) < 4.78 is 11.2. The van der Waals surface area contributed by atoms with Gasteiger partial charge in [-0.25, -0.2) is 0 Å². The molecule has 0 atom stereocenters. The van der Waals surface area contributed by atoms with E-state index in [1.807, 2.05) is 18.2 Å². The fourth-order valence-corrected chi connectivity index (χ4v) is 5.25. The van der Waals surface area contributed by atoms with Crippen LogP contribution in [0.5, 0.6) is 5.75 Å². The van der Waals surface area contributed by atoms with Crippen LogP contribution in [0, 0.1) is 12.3 Å². The Labute approximate surface area is 228 Å². The number of unbranched alkanes of at least 4 members (excludes halogenated alkanes) is 1. The second-order valence-electron chi connectivity index (χ2n) is 9.33. The van der Waals surface area contributed by atoms with Crippen molar-refractivity contribution in [3.63, 3.8) is 0 Å². The van der Waals surface area contributed by atoms with Gasteiger partial charge in [0.2, 0.25) is 0 Å². The second-order valence-corrected chi connectivity index (χ2v) is 9.77. The van der Waals surface area contributed by atoms with Gasteiger partial charge in [0.1, 0.15) is 19.0 Å². The Hall–Kier alpha value is -3.79. The molecule has 0 N–H and O–H groups in total. The molecule has 0 bridgehead atoms. The zero-order valence-electron chi connectivity index (χ0n) is 21.1. The van der Waals surface area contributed by atoms with Crippen molar-refractivity contribution in [3.8, 4) is 18.1 Å². The third-order valence-electron chi connectivity index (χ3n) is 6.92. The van der Waals surface area contributed by atoms with Crippen LogP contribution in [-0.4, -0.2) is 49.6 Å². The largest absolute Gasteiger partial charge is 0.491 e. The minimum atomic E-state index is -0.208. The summed E-state index contributed by atoms with van der Waals surface area (Å²) in [6.07, 6.45) is 8.48. The molecule has 0 aliphatic carbocycles. The van der Waals surface area contributed by atoms with Crippen LogP contribution < -0.4 is 9.64 Å². The monoisotopic (exact) mass is 528 g/mol. The summed E-state index contributed by atoms with van der Waals surface area (Å²) in [5.41, 5.74) is 5.61. The molecule has 3 aromatic carbocycles. The van der Waals surface area contributed by atoms with Crippen molar-refractivity contribution in [3.05, 3.63) is 87.9 Å². The van der Waals surface area contributed by atoms with Gasteiger partial charge in [-0.2, -0.15) is 0 Å². The number of hydrogen-bond acceptors (Lipinski definition) is 5. The first-order chi connectivity index (χ1) is 18.6. The Bertz CT molecular complexity index is 1360. The Kier molecular flexibility index (Phi) is 7.97. The number of ether oxygens (including phenoxy) is 2. The van der Waals surface area contributed by atoms with Crippen molar-refractivity contribution < 1.29 is 19.1 Å². The molecule has 0 fully saturated rings. The molecule has 2 aliphatic heterocycles. The predicted molar refractivity (Wildman–Crippen MR) is 148 cm³/mol. The van der Waals surface area contributed by atoms with E-state index >= 15 is 0 Å². The smallest absolute Gasteiger partial charge is 0.261 e. The summed E-state index contributed by atoms with van der Waals surface area (Å²) in [7, 11) is 0. The molecular formula is C31H29ClN2O4. The Morgan fingerprint density at radius 1 is 0.816 bits per heavy atom. The molecular weight excluding hydrogens is 500 g/mol. The van der Waals surface area contributed by atoms with Crippen LogP contribution in [0.15, 0.2) is 60.7 Å². The first-order valence-electron chi connectivity index (χ1n) is 12.8. The summed E-state index contributed by atoms with van der Waals surface area (Å²) in [5, 5.41) is 0.690. The number of nitrogens with zero attached hydrogens (tertiary/aromatic N) is 2. The van der Waals surface area contributed by atoms with Gasteiger partial charge in [-0.1, -0.05) is 35.7 Å². The van der Waals surface area contributed by atoms with Gasteiger partial charge in [-0.3, -0.25) is 14.5 Å². The maximum atomic E-state index is 12.7. The van der Waals surface area contributed by atoms with Crippen molar-refractivity contribution in [2.75, 3.05) is 37.8 Å². The molecule has 0 saturated heterocycles. The highest BCUT2D eigenvalue weighted by Gasteiger charge is 2.34. The maximum Gasteiger partial charge on any atom is 0.261 e. The summed E-state index contributed by atoms with van der Waals surface area (Å²) >= 11 is 6.41. The SMILES string of the molecule is C#CCOCCOc1ccc2c(c1)CCc1ccc(Cl)cc1N2CCCCN1C(=O)c2ccccc2C1=O. The minimum absolute atomic E-state index is 0.208. The van der Waals surface area contributed by atoms with E-state index in [2.05, 4.69) is 29.0 Å². The van der Waals surface area contributed by atoms with Crippen molar-refractivity contribution >= 4 is 34.8 Å². The number of imide groups is 1. The number of aryl methyl sites for hydroxylation is 2. The first-order valence-corrected chi connectivity index (χ1v) is 13.2. The summed E-state index contributed by atoms with van der Waals surface area (Å²) in [6.45, 7) is 2.26. The van der Waals surface area contributed by atoms with Gasteiger partial charge in [0.05, 0.1) is 17.7 Å². The molecule has 6 nitrogen and oxygen atoms in total. The highest BCUT2D eigenvalue weighted by molar-refractivity contribution is 6.31. The van der Waals surface area contributed by atoms with E-state index in [0.29, 0.717) is 42.3 Å². The predicted octanol–water partition coefficient (Wildman–Crippen LogP) is 5.68. The Morgan fingerprint density at radius 3 is 2.26 bits per heavy atom. The van der Waals surface area contributed by atoms with Crippen LogP contribution in [-0.2, 0) is 17.6 Å². The van der Waals surface area contributed by atoms with Crippen LogP contribution in [0.1, 0.15) is 44.7 Å². The minimum Gasteiger partial charge on any atom is -0.491 e. The molecule has 0 unspecified atom stereocenters. The zero-order chi connectivity index (χ0) is 26.5. The number of amides is 2. The molecule has 0 spiro atoms. The van der Waals surface area contributed by atoms with Crippen LogP contribution in [0.2, 0.25) is 5.02 Å². The van der Waals surface area contributed by atoms with Crippen LogP contribution in [0.25, 0.3) is 0 Å². The fourth-order valence-electron chi connectivity index (χ4n) is 5.09. The Morgan fingerprint density at radius 2 is 1.53 bits per heavy atom. The topological polar surface area (TPSA) is 59.1 Å². The number of rotatable bonds is 10. The number of carbonyl (C=O) groups is 2. The lowest BCUT2D eigenvalue weighted by Gasteiger charge is -2.28. The van der Waals surface area contributed by atoms with Crippen LogP contribution >= 0.6 is 11.6 Å². The van der Waals surface area contributed by atoms with Gasteiger partial charge >= 0.3 is 0 Å². The molecule has 0 saturated carbocycles. The molecule has 0 radical (unpaired) electrons. The highest BCUT2D eigenvalue weighted by Crippen LogP contribution is 2.39. The van der Waals surface area contributed by atoms with E-state index in [4.69, 9.17) is 27.5 Å². The molecule has 5 rings (SSSR count). The van der Waals surface area contributed by atoms with Crippen molar-refractivity contribution in [1.29, 1.82) is 0 Å². The lowest BCUT2D eigenvalue weighted by molar-refractivity contribution is 0.0652. The third-order valence-corrected chi connectivity index (χ3v) is 7.15.